The van der Waals surface area contributed by atoms with Gasteiger partial charge in [-0.2, -0.15) is 0 Å². The van der Waals surface area contributed by atoms with Crippen molar-refractivity contribution in [2.45, 2.75) is 0 Å². The largest absolute Gasteiger partial charge is 0.456 e. The van der Waals surface area contributed by atoms with Crippen LogP contribution in [-0.4, -0.2) is 0 Å². The molecule has 0 bridgehead atoms. The zero-order valence-electron chi connectivity index (χ0n) is 18.4. The summed E-state index contributed by atoms with van der Waals surface area (Å²) in [6, 6.07) is 33.3. The molecule has 5 heteroatoms. The van der Waals surface area contributed by atoms with Crippen molar-refractivity contribution >= 4 is 45.0 Å². The van der Waals surface area contributed by atoms with E-state index in [2.05, 4.69) is 18.2 Å². The lowest BCUT2D eigenvalue weighted by Crippen LogP contribution is -2.35. The van der Waals surface area contributed by atoms with E-state index in [1.165, 1.54) is 0 Å². The van der Waals surface area contributed by atoms with Gasteiger partial charge in [0.05, 0.1) is 10.6 Å². The predicted octanol–water partition coefficient (Wildman–Crippen LogP) is 7.10. The van der Waals surface area contributed by atoms with Crippen molar-refractivity contribution in [1.82, 2.24) is 0 Å². The van der Waals surface area contributed by atoms with Crippen molar-refractivity contribution in [3.05, 3.63) is 103 Å². The average molecular weight is 472 g/mol. The molecule has 0 N–H and O–H groups in total. The summed E-state index contributed by atoms with van der Waals surface area (Å²) in [6.07, 6.45) is 0. The van der Waals surface area contributed by atoms with E-state index >= 15 is 0 Å². The highest BCUT2D eigenvalue weighted by atomic mass is 31.2. The third kappa shape index (κ3) is 2.49. The minimum atomic E-state index is -3.15. The fourth-order valence-electron chi connectivity index (χ4n) is 5.34. The van der Waals surface area contributed by atoms with Gasteiger partial charge in [0.1, 0.15) is 39.5 Å². The van der Waals surface area contributed by atoms with E-state index in [9.17, 15) is 4.57 Å². The van der Waals surface area contributed by atoms with Crippen molar-refractivity contribution in [2.24, 2.45) is 0 Å². The lowest BCUT2D eigenvalue weighted by molar-refractivity contribution is 0.462. The summed E-state index contributed by atoms with van der Waals surface area (Å²) in [6.45, 7) is 0. The quantitative estimate of drug-likeness (QED) is 0.239. The van der Waals surface area contributed by atoms with Crippen LogP contribution < -0.4 is 25.4 Å². The van der Waals surface area contributed by atoms with Crippen LogP contribution in [0, 0.1) is 0 Å². The molecule has 6 aromatic rings. The zero-order valence-corrected chi connectivity index (χ0v) is 19.3. The highest BCUT2D eigenvalue weighted by Crippen LogP contribution is 2.58. The summed E-state index contributed by atoms with van der Waals surface area (Å²) in [7, 11) is -3.15. The van der Waals surface area contributed by atoms with E-state index in [1.54, 1.807) is 0 Å². The molecule has 0 saturated heterocycles. The van der Waals surface area contributed by atoms with E-state index < -0.39 is 7.14 Å². The Labute approximate surface area is 200 Å². The Morgan fingerprint density at radius 3 is 1.83 bits per heavy atom. The maximum absolute atomic E-state index is 14.9. The van der Waals surface area contributed by atoms with Crippen LogP contribution in [-0.2, 0) is 4.57 Å². The molecule has 4 nitrogen and oxygen atoms in total. The SMILES string of the molecule is O=P12c3ccccc3Oc3cc(-c4ccc5c(c4)oc4ccccc45)cc(c31)Oc1ccccc12. The maximum Gasteiger partial charge on any atom is 0.185 e. The topological polar surface area (TPSA) is 48.7 Å². The molecule has 1 aromatic heterocycles. The van der Waals surface area contributed by atoms with E-state index in [0.717, 1.165) is 33.1 Å². The molecule has 8 rings (SSSR count). The molecule has 2 aliphatic heterocycles. The molecule has 0 fully saturated rings. The molecule has 0 spiro atoms. The second-order valence-corrected chi connectivity index (χ2v) is 11.5. The van der Waals surface area contributed by atoms with Crippen molar-refractivity contribution in [2.75, 3.05) is 0 Å². The number of para-hydroxylation sites is 3. The van der Waals surface area contributed by atoms with Gasteiger partial charge in [0, 0.05) is 10.8 Å². The van der Waals surface area contributed by atoms with Gasteiger partial charge in [0.25, 0.3) is 0 Å². The van der Waals surface area contributed by atoms with Gasteiger partial charge in [-0.1, -0.05) is 48.5 Å². The van der Waals surface area contributed by atoms with Crippen molar-refractivity contribution in [1.29, 1.82) is 0 Å². The van der Waals surface area contributed by atoms with E-state index in [0.29, 0.717) is 38.9 Å². The first-order valence-corrected chi connectivity index (χ1v) is 13.2. The molecule has 0 atom stereocenters. The van der Waals surface area contributed by atoms with E-state index in [1.807, 2.05) is 84.9 Å². The van der Waals surface area contributed by atoms with Gasteiger partial charge in [-0.25, -0.2) is 0 Å². The Morgan fingerprint density at radius 2 is 1.11 bits per heavy atom. The van der Waals surface area contributed by atoms with Crippen molar-refractivity contribution < 1.29 is 18.5 Å². The molecule has 2 aliphatic rings. The van der Waals surface area contributed by atoms with Crippen LogP contribution in [0.3, 0.4) is 0 Å². The summed E-state index contributed by atoms with van der Waals surface area (Å²) < 4.78 is 33.7. The monoisotopic (exact) mass is 472 g/mol. The van der Waals surface area contributed by atoms with Gasteiger partial charge in [0.2, 0.25) is 0 Å². The summed E-state index contributed by atoms with van der Waals surface area (Å²) in [5.41, 5.74) is 3.56. The molecule has 0 amide bonds. The first-order chi connectivity index (χ1) is 17.2. The summed E-state index contributed by atoms with van der Waals surface area (Å²) in [5, 5.41) is 4.21. The molecule has 35 heavy (non-hydrogen) atoms. The predicted molar refractivity (Wildman–Crippen MR) is 139 cm³/mol. The minimum absolute atomic E-state index is 0.568. The minimum Gasteiger partial charge on any atom is -0.456 e. The van der Waals surface area contributed by atoms with Gasteiger partial charge in [-0.3, -0.25) is 0 Å². The third-order valence-electron chi connectivity index (χ3n) is 6.92. The average Bonchev–Trinajstić information content (AvgIpc) is 3.26. The first kappa shape index (κ1) is 19.1. The summed E-state index contributed by atoms with van der Waals surface area (Å²) in [5.74, 6) is 2.38. The van der Waals surface area contributed by atoms with Crippen molar-refractivity contribution in [3.8, 4) is 34.1 Å². The fourth-order valence-corrected chi connectivity index (χ4v) is 8.37. The second-order valence-electron chi connectivity index (χ2n) is 8.88. The van der Waals surface area contributed by atoms with Gasteiger partial charge in [0.15, 0.2) is 7.14 Å². The number of fused-ring (bicyclic) bond motifs is 7. The highest BCUT2D eigenvalue weighted by Gasteiger charge is 2.46. The number of ether oxygens (including phenoxy) is 2. The Balaban J connectivity index is 1.38. The second kappa shape index (κ2) is 6.65. The van der Waals surface area contributed by atoms with Crippen LogP contribution in [0.15, 0.2) is 108 Å². The first-order valence-electron chi connectivity index (χ1n) is 11.5. The molecule has 0 aliphatic carbocycles. The third-order valence-corrected chi connectivity index (χ3v) is 10.1. The number of hydrogen-bond acceptors (Lipinski definition) is 4. The van der Waals surface area contributed by atoms with Crippen molar-refractivity contribution in [3.63, 3.8) is 0 Å². The molecule has 0 saturated carbocycles. The fraction of sp³-hybridized carbons (Fsp3) is 0. The van der Waals surface area contributed by atoms with Crippen LogP contribution in [0.4, 0.5) is 0 Å². The number of hydrogen-bond donors (Lipinski definition) is 0. The molecule has 0 unspecified atom stereocenters. The van der Waals surface area contributed by atoms with Gasteiger partial charge in [-0.05, 0) is 65.7 Å². The lowest BCUT2D eigenvalue weighted by Gasteiger charge is -2.34. The molecular formula is C30H17O4P. The highest BCUT2D eigenvalue weighted by molar-refractivity contribution is 7.86. The summed E-state index contributed by atoms with van der Waals surface area (Å²) >= 11 is 0. The Kier molecular flexibility index (Phi) is 3.63. The normalized spacial score (nSPS) is 14.5. The van der Waals surface area contributed by atoms with Crippen LogP contribution in [0.2, 0.25) is 0 Å². The number of furan rings is 1. The van der Waals surface area contributed by atoms with Gasteiger partial charge >= 0.3 is 0 Å². The number of benzene rings is 5. The molecule has 0 radical (unpaired) electrons. The molecule has 3 heterocycles. The molecular weight excluding hydrogens is 455 g/mol. The van der Waals surface area contributed by atoms with Crippen LogP contribution in [0.1, 0.15) is 0 Å². The smallest absolute Gasteiger partial charge is 0.185 e. The van der Waals surface area contributed by atoms with Gasteiger partial charge in [-0.15, -0.1) is 0 Å². The Hall–Kier alpha value is -4.27. The standard InChI is InChI=1S/C30H17O4P/c31-35-28-11-5-3-9-23(28)33-26-16-19(17-27(30(26)35)34-24-10-4-6-12-29(24)35)18-13-14-21-20-7-1-2-8-22(20)32-25(21)15-18/h1-17H. The maximum atomic E-state index is 14.9. The van der Waals surface area contributed by atoms with Crippen LogP contribution >= 0.6 is 7.14 Å². The summed E-state index contributed by atoms with van der Waals surface area (Å²) in [4.78, 5) is 0. The van der Waals surface area contributed by atoms with Crippen LogP contribution in [0.5, 0.6) is 23.0 Å². The van der Waals surface area contributed by atoms with Crippen LogP contribution in [0.25, 0.3) is 33.1 Å². The molecule has 166 valence electrons. The number of rotatable bonds is 1. The van der Waals surface area contributed by atoms with E-state index in [4.69, 9.17) is 13.9 Å². The lowest BCUT2D eigenvalue weighted by atomic mass is 10.0. The molecule has 5 aromatic carbocycles. The Bertz CT molecular complexity index is 1820. The zero-order chi connectivity index (χ0) is 23.1. The van der Waals surface area contributed by atoms with E-state index in [-0.39, 0.29) is 0 Å². The van der Waals surface area contributed by atoms with Gasteiger partial charge < -0.3 is 18.5 Å². The Morgan fingerprint density at radius 1 is 0.514 bits per heavy atom.